The van der Waals surface area contributed by atoms with Crippen LogP contribution in [-0.4, -0.2) is 36.3 Å². The van der Waals surface area contributed by atoms with E-state index in [2.05, 4.69) is 29.1 Å². The minimum atomic E-state index is 0.211. The molecule has 0 aromatic carbocycles. The molecule has 108 valence electrons. The zero-order valence-corrected chi connectivity index (χ0v) is 11.8. The van der Waals surface area contributed by atoms with Crippen molar-refractivity contribution in [3.63, 3.8) is 0 Å². The molecule has 0 aliphatic carbocycles. The molecule has 0 aliphatic rings. The molecular formula is C13H24N4O2. The SMILES string of the molecule is CCCCOCCOc1cc(NCCC)nc(N)n1. The third kappa shape index (κ3) is 6.81. The molecule has 0 radical (unpaired) electrons. The first-order chi connectivity index (χ1) is 9.26. The van der Waals surface area contributed by atoms with Crippen LogP contribution >= 0.6 is 0 Å². The van der Waals surface area contributed by atoms with Gasteiger partial charge in [-0.15, -0.1) is 0 Å². The molecule has 0 saturated heterocycles. The first kappa shape index (κ1) is 15.5. The Bertz CT molecular complexity index is 360. The molecule has 0 fully saturated rings. The minimum absolute atomic E-state index is 0.211. The topological polar surface area (TPSA) is 82.3 Å². The molecule has 0 amide bonds. The fourth-order valence-corrected chi connectivity index (χ4v) is 1.41. The third-order valence-electron chi connectivity index (χ3n) is 2.40. The summed E-state index contributed by atoms with van der Waals surface area (Å²) in [4.78, 5) is 8.11. The highest BCUT2D eigenvalue weighted by molar-refractivity contribution is 5.42. The first-order valence-electron chi connectivity index (χ1n) is 6.85. The normalized spacial score (nSPS) is 10.4. The van der Waals surface area contributed by atoms with E-state index in [9.17, 15) is 0 Å². The number of aromatic nitrogens is 2. The van der Waals surface area contributed by atoms with Crippen molar-refractivity contribution in [3.05, 3.63) is 6.07 Å². The fourth-order valence-electron chi connectivity index (χ4n) is 1.41. The van der Waals surface area contributed by atoms with Crippen LogP contribution in [0.2, 0.25) is 0 Å². The number of nitrogens with zero attached hydrogens (tertiary/aromatic N) is 2. The van der Waals surface area contributed by atoms with Gasteiger partial charge in [0, 0.05) is 19.2 Å². The molecule has 6 heteroatoms. The summed E-state index contributed by atoms with van der Waals surface area (Å²) in [6, 6.07) is 1.75. The number of nitrogens with one attached hydrogen (secondary N) is 1. The van der Waals surface area contributed by atoms with Gasteiger partial charge in [0.15, 0.2) is 0 Å². The second-order valence-electron chi connectivity index (χ2n) is 4.19. The summed E-state index contributed by atoms with van der Waals surface area (Å²) in [5.74, 6) is 1.38. The minimum Gasteiger partial charge on any atom is -0.475 e. The molecule has 0 spiro atoms. The molecule has 6 nitrogen and oxygen atoms in total. The lowest BCUT2D eigenvalue weighted by atomic mass is 10.4. The summed E-state index contributed by atoms with van der Waals surface area (Å²) in [6.45, 7) is 6.86. The van der Waals surface area contributed by atoms with E-state index < -0.39 is 0 Å². The summed E-state index contributed by atoms with van der Waals surface area (Å²) in [6.07, 6.45) is 3.23. The van der Waals surface area contributed by atoms with Crippen LogP contribution in [0.15, 0.2) is 6.07 Å². The van der Waals surface area contributed by atoms with Crippen LogP contribution in [0.4, 0.5) is 11.8 Å². The van der Waals surface area contributed by atoms with Gasteiger partial charge in [0.2, 0.25) is 11.8 Å². The number of anilines is 2. The third-order valence-corrected chi connectivity index (χ3v) is 2.40. The van der Waals surface area contributed by atoms with Crippen molar-refractivity contribution in [2.45, 2.75) is 33.1 Å². The van der Waals surface area contributed by atoms with Gasteiger partial charge in [0.1, 0.15) is 12.4 Å². The van der Waals surface area contributed by atoms with E-state index in [1.54, 1.807) is 6.07 Å². The molecule has 1 rings (SSSR count). The Morgan fingerprint density at radius 3 is 2.74 bits per heavy atom. The molecule has 1 heterocycles. The zero-order valence-electron chi connectivity index (χ0n) is 11.8. The van der Waals surface area contributed by atoms with Crippen LogP contribution in [0.25, 0.3) is 0 Å². The Morgan fingerprint density at radius 1 is 1.16 bits per heavy atom. The maximum Gasteiger partial charge on any atom is 0.225 e. The lowest BCUT2D eigenvalue weighted by Crippen LogP contribution is -2.10. The van der Waals surface area contributed by atoms with Gasteiger partial charge in [0.05, 0.1) is 6.61 Å². The van der Waals surface area contributed by atoms with Crippen molar-refractivity contribution in [3.8, 4) is 5.88 Å². The maximum atomic E-state index is 5.63. The van der Waals surface area contributed by atoms with Crippen LogP contribution in [-0.2, 0) is 4.74 Å². The fraction of sp³-hybridized carbons (Fsp3) is 0.692. The van der Waals surface area contributed by atoms with Gasteiger partial charge in [0.25, 0.3) is 0 Å². The number of unbranched alkanes of at least 4 members (excludes halogenated alkanes) is 1. The second-order valence-corrected chi connectivity index (χ2v) is 4.19. The standard InChI is InChI=1S/C13H24N4O2/c1-3-5-7-18-8-9-19-12-10-11(15-6-4-2)16-13(14)17-12/h10H,3-9H2,1-2H3,(H3,14,15,16,17). The Hall–Kier alpha value is -1.56. The van der Waals surface area contributed by atoms with Crippen LogP contribution in [0, 0.1) is 0 Å². The Balaban J connectivity index is 2.34. The number of nitrogens with two attached hydrogens (primary N) is 1. The van der Waals surface area contributed by atoms with Gasteiger partial charge < -0.3 is 20.5 Å². The van der Waals surface area contributed by atoms with E-state index in [4.69, 9.17) is 15.2 Å². The summed E-state index contributed by atoms with van der Waals surface area (Å²) < 4.78 is 10.9. The number of hydrogen-bond acceptors (Lipinski definition) is 6. The smallest absolute Gasteiger partial charge is 0.225 e. The lowest BCUT2D eigenvalue weighted by Gasteiger charge is -2.09. The molecule has 0 unspecified atom stereocenters. The number of rotatable bonds is 10. The maximum absolute atomic E-state index is 5.63. The molecular weight excluding hydrogens is 244 g/mol. The summed E-state index contributed by atoms with van der Waals surface area (Å²) in [7, 11) is 0. The summed E-state index contributed by atoms with van der Waals surface area (Å²) >= 11 is 0. The summed E-state index contributed by atoms with van der Waals surface area (Å²) in [5, 5.41) is 3.15. The highest BCUT2D eigenvalue weighted by Crippen LogP contribution is 2.14. The average molecular weight is 268 g/mol. The van der Waals surface area contributed by atoms with Crippen molar-refractivity contribution in [1.82, 2.24) is 9.97 Å². The Morgan fingerprint density at radius 2 is 2.00 bits per heavy atom. The largest absolute Gasteiger partial charge is 0.475 e. The van der Waals surface area contributed by atoms with E-state index in [1.807, 2.05) is 0 Å². The Kier molecular flexibility index (Phi) is 7.65. The van der Waals surface area contributed by atoms with Crippen molar-refractivity contribution < 1.29 is 9.47 Å². The first-order valence-corrected chi connectivity index (χ1v) is 6.85. The quantitative estimate of drug-likeness (QED) is 0.632. The van der Waals surface area contributed by atoms with Gasteiger partial charge in [-0.05, 0) is 12.8 Å². The second kappa shape index (κ2) is 9.38. The number of hydrogen-bond donors (Lipinski definition) is 2. The molecule has 3 N–H and O–H groups in total. The summed E-state index contributed by atoms with van der Waals surface area (Å²) in [5.41, 5.74) is 5.63. The highest BCUT2D eigenvalue weighted by Gasteiger charge is 2.02. The van der Waals surface area contributed by atoms with Gasteiger partial charge in [-0.3, -0.25) is 0 Å². The predicted molar refractivity (Wildman–Crippen MR) is 76.4 cm³/mol. The highest BCUT2D eigenvalue weighted by atomic mass is 16.5. The molecule has 1 aromatic rings. The van der Waals surface area contributed by atoms with Gasteiger partial charge >= 0.3 is 0 Å². The molecule has 1 aromatic heterocycles. The zero-order chi connectivity index (χ0) is 13.9. The van der Waals surface area contributed by atoms with Crippen molar-refractivity contribution in [2.75, 3.05) is 37.4 Å². The van der Waals surface area contributed by atoms with Crippen LogP contribution in [0.3, 0.4) is 0 Å². The predicted octanol–water partition coefficient (Wildman–Crippen LogP) is 2.08. The number of nitrogen functional groups attached to an aromatic ring is 1. The van der Waals surface area contributed by atoms with Crippen LogP contribution in [0.1, 0.15) is 33.1 Å². The molecule has 0 atom stereocenters. The van der Waals surface area contributed by atoms with Crippen molar-refractivity contribution in [1.29, 1.82) is 0 Å². The van der Waals surface area contributed by atoms with Gasteiger partial charge in [-0.25, -0.2) is 0 Å². The van der Waals surface area contributed by atoms with Gasteiger partial charge in [-0.1, -0.05) is 20.3 Å². The van der Waals surface area contributed by atoms with E-state index in [-0.39, 0.29) is 5.95 Å². The Labute approximate surface area is 114 Å². The molecule has 19 heavy (non-hydrogen) atoms. The molecule has 0 bridgehead atoms. The monoisotopic (exact) mass is 268 g/mol. The van der Waals surface area contributed by atoms with E-state index >= 15 is 0 Å². The number of ether oxygens (including phenoxy) is 2. The molecule has 0 aliphatic heterocycles. The van der Waals surface area contributed by atoms with E-state index in [1.165, 1.54) is 0 Å². The van der Waals surface area contributed by atoms with Crippen LogP contribution in [0.5, 0.6) is 5.88 Å². The molecule has 0 saturated carbocycles. The lowest BCUT2D eigenvalue weighted by molar-refractivity contribution is 0.0965. The van der Waals surface area contributed by atoms with Crippen molar-refractivity contribution >= 4 is 11.8 Å². The van der Waals surface area contributed by atoms with E-state index in [0.717, 1.165) is 32.4 Å². The average Bonchev–Trinajstić information content (AvgIpc) is 2.40. The van der Waals surface area contributed by atoms with E-state index in [0.29, 0.717) is 24.9 Å². The van der Waals surface area contributed by atoms with Gasteiger partial charge in [-0.2, -0.15) is 9.97 Å². The van der Waals surface area contributed by atoms with Crippen molar-refractivity contribution in [2.24, 2.45) is 0 Å². The van der Waals surface area contributed by atoms with Crippen LogP contribution < -0.4 is 15.8 Å².